The molecule has 88 valence electrons. The number of halogens is 5. The fourth-order valence-corrected chi connectivity index (χ4v) is 1.10. The summed E-state index contributed by atoms with van der Waals surface area (Å²) >= 11 is 0. The molecule has 0 amide bonds. The molecule has 0 aliphatic rings. The summed E-state index contributed by atoms with van der Waals surface area (Å²) < 4.78 is 61.0. The zero-order valence-corrected chi connectivity index (χ0v) is 8.11. The Labute approximate surface area is 87.9 Å². The van der Waals surface area contributed by atoms with Gasteiger partial charge in [-0.05, 0) is 13.0 Å². The number of aryl methyl sites for hydroxylation is 1. The average molecular weight is 238 g/mol. The molecule has 0 bridgehead atoms. The number of hydrogen-bond acceptors (Lipinski definition) is 1. The molecule has 16 heavy (non-hydrogen) atoms. The Morgan fingerprint density at radius 1 is 1.12 bits per heavy atom. The Bertz CT molecular complexity index is 408. The summed E-state index contributed by atoms with van der Waals surface area (Å²) in [5.41, 5.74) is -0.217. The van der Waals surface area contributed by atoms with E-state index in [2.05, 4.69) is 0 Å². The number of alkyl halides is 5. The third kappa shape index (κ3) is 2.20. The molecule has 1 aromatic carbocycles. The van der Waals surface area contributed by atoms with E-state index >= 15 is 0 Å². The van der Waals surface area contributed by atoms with Crippen molar-refractivity contribution < 1.29 is 26.7 Å². The van der Waals surface area contributed by atoms with Gasteiger partial charge in [-0.3, -0.25) is 4.79 Å². The first-order valence-electron chi connectivity index (χ1n) is 4.22. The van der Waals surface area contributed by atoms with Gasteiger partial charge in [-0.2, -0.15) is 22.0 Å². The van der Waals surface area contributed by atoms with Crippen LogP contribution in [0.3, 0.4) is 0 Å². The minimum absolute atomic E-state index is 0.434. The van der Waals surface area contributed by atoms with Crippen molar-refractivity contribution in [2.24, 2.45) is 0 Å². The summed E-state index contributed by atoms with van der Waals surface area (Å²) in [4.78, 5) is 11.0. The second-order valence-electron chi connectivity index (χ2n) is 3.27. The molecule has 1 nitrogen and oxygen atoms in total. The number of benzene rings is 1. The van der Waals surface area contributed by atoms with Crippen LogP contribution in [0.5, 0.6) is 0 Å². The summed E-state index contributed by atoms with van der Waals surface area (Å²) in [5.74, 6) is -7.58. The molecule has 1 rings (SSSR count). The highest BCUT2D eigenvalue weighted by molar-refractivity contribution is 6.02. The summed E-state index contributed by atoms with van der Waals surface area (Å²) in [5, 5.41) is 0. The Balaban J connectivity index is 3.12. The lowest BCUT2D eigenvalue weighted by Crippen LogP contribution is -2.44. The maximum absolute atomic E-state index is 12.7. The van der Waals surface area contributed by atoms with Crippen LogP contribution < -0.4 is 0 Å². The van der Waals surface area contributed by atoms with Crippen molar-refractivity contribution in [2.45, 2.75) is 19.0 Å². The van der Waals surface area contributed by atoms with Crippen molar-refractivity contribution in [3.63, 3.8) is 0 Å². The normalized spacial score (nSPS) is 12.6. The first-order chi connectivity index (χ1) is 7.16. The quantitative estimate of drug-likeness (QED) is 0.570. The maximum atomic E-state index is 12.7. The SMILES string of the molecule is Cc1cccc(C(=O)C(F)(F)C(F)(F)F)c1. The van der Waals surface area contributed by atoms with E-state index in [9.17, 15) is 26.7 Å². The molecule has 0 heterocycles. The Morgan fingerprint density at radius 2 is 1.69 bits per heavy atom. The Kier molecular flexibility index (Phi) is 3.03. The van der Waals surface area contributed by atoms with Gasteiger partial charge in [0.2, 0.25) is 5.78 Å². The van der Waals surface area contributed by atoms with Crippen molar-refractivity contribution in [2.75, 3.05) is 0 Å². The van der Waals surface area contributed by atoms with Crippen LogP contribution in [0.15, 0.2) is 24.3 Å². The van der Waals surface area contributed by atoms with Crippen molar-refractivity contribution in [3.05, 3.63) is 35.4 Å². The van der Waals surface area contributed by atoms with E-state index in [1.54, 1.807) is 0 Å². The summed E-state index contributed by atoms with van der Waals surface area (Å²) in [6.45, 7) is 1.49. The zero-order valence-electron chi connectivity index (χ0n) is 8.11. The molecule has 0 aliphatic heterocycles. The fourth-order valence-electron chi connectivity index (χ4n) is 1.10. The van der Waals surface area contributed by atoms with Gasteiger partial charge >= 0.3 is 12.1 Å². The molecular formula is C10H7F5O. The summed E-state index contributed by atoms with van der Waals surface area (Å²) in [6.07, 6.45) is -5.87. The molecule has 0 spiro atoms. The van der Waals surface area contributed by atoms with Crippen LogP contribution in [0, 0.1) is 6.92 Å². The van der Waals surface area contributed by atoms with Crippen molar-refractivity contribution in [1.82, 2.24) is 0 Å². The maximum Gasteiger partial charge on any atom is 0.461 e. The molecule has 0 saturated heterocycles. The molecular weight excluding hydrogens is 231 g/mol. The third-order valence-electron chi connectivity index (χ3n) is 1.92. The lowest BCUT2D eigenvalue weighted by molar-refractivity contribution is -0.255. The number of ketones is 1. The largest absolute Gasteiger partial charge is 0.461 e. The lowest BCUT2D eigenvalue weighted by atomic mass is 10.0. The lowest BCUT2D eigenvalue weighted by Gasteiger charge is -2.18. The minimum Gasteiger partial charge on any atom is -0.287 e. The Hall–Kier alpha value is -1.46. The van der Waals surface area contributed by atoms with E-state index in [1.165, 1.54) is 19.1 Å². The van der Waals surface area contributed by atoms with E-state index < -0.39 is 23.4 Å². The zero-order chi connectivity index (χ0) is 12.6. The van der Waals surface area contributed by atoms with Crippen LogP contribution in [0.2, 0.25) is 0 Å². The number of carbonyl (C=O) groups excluding carboxylic acids is 1. The average Bonchev–Trinajstić information content (AvgIpc) is 2.14. The monoisotopic (exact) mass is 238 g/mol. The number of rotatable bonds is 2. The second-order valence-corrected chi connectivity index (χ2v) is 3.27. The first-order valence-corrected chi connectivity index (χ1v) is 4.22. The molecule has 0 radical (unpaired) electrons. The van der Waals surface area contributed by atoms with Crippen molar-refractivity contribution >= 4 is 5.78 Å². The highest BCUT2D eigenvalue weighted by atomic mass is 19.4. The highest BCUT2D eigenvalue weighted by Crippen LogP contribution is 2.37. The number of hydrogen-bond donors (Lipinski definition) is 0. The first kappa shape index (κ1) is 12.6. The van der Waals surface area contributed by atoms with Crippen molar-refractivity contribution in [3.8, 4) is 0 Å². The van der Waals surface area contributed by atoms with Crippen LogP contribution in [0.4, 0.5) is 22.0 Å². The van der Waals surface area contributed by atoms with Crippen LogP contribution in [-0.4, -0.2) is 17.9 Å². The predicted octanol–water partition coefficient (Wildman–Crippen LogP) is 3.38. The topological polar surface area (TPSA) is 17.1 Å². The van der Waals surface area contributed by atoms with E-state index in [0.29, 0.717) is 5.56 Å². The molecule has 0 unspecified atom stereocenters. The molecule has 0 N–H and O–H groups in total. The van der Waals surface area contributed by atoms with Gasteiger partial charge in [0.1, 0.15) is 0 Å². The smallest absolute Gasteiger partial charge is 0.287 e. The summed E-state index contributed by atoms with van der Waals surface area (Å²) in [6, 6.07) is 4.65. The predicted molar refractivity (Wildman–Crippen MR) is 46.5 cm³/mol. The number of carbonyl (C=O) groups is 1. The van der Waals surface area contributed by atoms with Crippen LogP contribution in [0.25, 0.3) is 0 Å². The molecule has 6 heteroatoms. The van der Waals surface area contributed by atoms with Gasteiger partial charge in [-0.1, -0.05) is 23.8 Å². The molecule has 0 saturated carbocycles. The molecule has 1 aromatic rings. The third-order valence-corrected chi connectivity index (χ3v) is 1.92. The van der Waals surface area contributed by atoms with Crippen molar-refractivity contribution in [1.29, 1.82) is 0 Å². The molecule has 0 atom stereocenters. The van der Waals surface area contributed by atoms with Gasteiger partial charge in [0.05, 0.1) is 0 Å². The van der Waals surface area contributed by atoms with Crippen LogP contribution >= 0.6 is 0 Å². The van der Waals surface area contributed by atoms with E-state index in [0.717, 1.165) is 12.1 Å². The van der Waals surface area contributed by atoms with Gasteiger partial charge in [0, 0.05) is 5.56 Å². The molecule has 0 aromatic heterocycles. The fraction of sp³-hybridized carbons (Fsp3) is 0.300. The summed E-state index contributed by atoms with van der Waals surface area (Å²) in [7, 11) is 0. The highest BCUT2D eigenvalue weighted by Gasteiger charge is 2.63. The van der Waals surface area contributed by atoms with Gasteiger partial charge in [0.25, 0.3) is 0 Å². The molecule has 0 fully saturated rings. The van der Waals surface area contributed by atoms with E-state index in [4.69, 9.17) is 0 Å². The second kappa shape index (κ2) is 3.84. The van der Waals surface area contributed by atoms with E-state index in [1.807, 2.05) is 0 Å². The van der Waals surface area contributed by atoms with Crippen LogP contribution in [0.1, 0.15) is 15.9 Å². The van der Waals surface area contributed by atoms with Gasteiger partial charge < -0.3 is 0 Å². The standard InChI is InChI=1S/C10H7F5O/c1-6-3-2-4-7(5-6)8(16)9(11,12)10(13,14)15/h2-5H,1H3. The number of Topliss-reactive ketones (excluding diaryl/α,β-unsaturated/α-hetero) is 1. The van der Waals surface area contributed by atoms with Gasteiger partial charge in [-0.15, -0.1) is 0 Å². The van der Waals surface area contributed by atoms with Gasteiger partial charge in [-0.25, -0.2) is 0 Å². The molecule has 0 aliphatic carbocycles. The van der Waals surface area contributed by atoms with Crippen LogP contribution in [-0.2, 0) is 0 Å². The van der Waals surface area contributed by atoms with Gasteiger partial charge in [0.15, 0.2) is 0 Å². The minimum atomic E-state index is -5.87. The Morgan fingerprint density at radius 3 is 2.12 bits per heavy atom. The van der Waals surface area contributed by atoms with E-state index in [-0.39, 0.29) is 0 Å².